The van der Waals surface area contributed by atoms with Crippen LogP contribution in [0.2, 0.25) is 0 Å². The van der Waals surface area contributed by atoms with Crippen LogP contribution in [-0.2, 0) is 4.79 Å². The number of nitrogens with zero attached hydrogens (tertiary/aromatic N) is 1. The molecule has 0 spiro atoms. The first-order chi connectivity index (χ1) is 11.6. The van der Waals surface area contributed by atoms with Crippen LogP contribution in [-0.4, -0.2) is 25.0 Å². The van der Waals surface area contributed by atoms with E-state index < -0.39 is 11.7 Å². The average Bonchev–Trinajstić information content (AvgIpc) is 2.58. The van der Waals surface area contributed by atoms with E-state index >= 15 is 0 Å². The Morgan fingerprint density at radius 3 is 2.88 bits per heavy atom. The van der Waals surface area contributed by atoms with E-state index in [9.17, 15) is 14.0 Å². The second-order valence-corrected chi connectivity index (χ2v) is 5.20. The SMILES string of the molecule is C=CCN1C(=O)COc2cc(NC(=O)c3ccccc3F)ccc21. The number of amides is 2. The van der Waals surface area contributed by atoms with Crippen LogP contribution < -0.4 is 15.0 Å². The molecule has 1 heterocycles. The van der Waals surface area contributed by atoms with Gasteiger partial charge in [-0.2, -0.15) is 0 Å². The van der Waals surface area contributed by atoms with Gasteiger partial charge in [-0.15, -0.1) is 6.58 Å². The first-order valence-corrected chi connectivity index (χ1v) is 7.34. The second kappa shape index (κ2) is 6.54. The van der Waals surface area contributed by atoms with E-state index in [4.69, 9.17) is 4.74 Å². The Hall–Kier alpha value is -3.15. The van der Waals surface area contributed by atoms with Crippen LogP contribution in [0, 0.1) is 5.82 Å². The first kappa shape index (κ1) is 15.7. The lowest BCUT2D eigenvalue weighted by atomic mass is 10.1. The smallest absolute Gasteiger partial charge is 0.265 e. The third-order valence-electron chi connectivity index (χ3n) is 3.59. The number of carbonyl (C=O) groups excluding carboxylic acids is 2. The number of fused-ring (bicyclic) bond motifs is 1. The van der Waals surface area contributed by atoms with Crippen molar-refractivity contribution in [2.24, 2.45) is 0 Å². The summed E-state index contributed by atoms with van der Waals surface area (Å²) in [6.07, 6.45) is 1.63. The zero-order valence-corrected chi connectivity index (χ0v) is 12.8. The largest absolute Gasteiger partial charge is 0.481 e. The maximum Gasteiger partial charge on any atom is 0.265 e. The summed E-state index contributed by atoms with van der Waals surface area (Å²) >= 11 is 0. The molecule has 0 bridgehead atoms. The first-order valence-electron chi connectivity index (χ1n) is 7.34. The van der Waals surface area contributed by atoms with Gasteiger partial charge in [-0.25, -0.2) is 4.39 Å². The van der Waals surface area contributed by atoms with E-state index in [1.807, 2.05) is 0 Å². The number of ether oxygens (including phenoxy) is 1. The number of anilines is 2. The second-order valence-electron chi connectivity index (χ2n) is 5.20. The molecule has 0 fully saturated rings. The van der Waals surface area contributed by atoms with Crippen LogP contribution in [0.5, 0.6) is 5.75 Å². The molecule has 0 aromatic heterocycles. The molecule has 6 heteroatoms. The molecule has 1 aliphatic rings. The Morgan fingerprint density at radius 2 is 2.12 bits per heavy atom. The summed E-state index contributed by atoms with van der Waals surface area (Å²) in [4.78, 5) is 25.6. The van der Waals surface area contributed by atoms with Gasteiger partial charge in [-0.05, 0) is 24.3 Å². The molecule has 2 aromatic carbocycles. The molecule has 0 saturated heterocycles. The van der Waals surface area contributed by atoms with Crippen molar-refractivity contribution in [1.29, 1.82) is 0 Å². The summed E-state index contributed by atoms with van der Waals surface area (Å²) in [7, 11) is 0. The predicted molar refractivity (Wildman–Crippen MR) is 88.8 cm³/mol. The monoisotopic (exact) mass is 326 g/mol. The normalized spacial score (nSPS) is 13.0. The molecule has 0 saturated carbocycles. The third-order valence-corrected chi connectivity index (χ3v) is 3.59. The summed E-state index contributed by atoms with van der Waals surface area (Å²) in [5, 5.41) is 2.62. The number of hydrogen-bond acceptors (Lipinski definition) is 3. The predicted octanol–water partition coefficient (Wildman–Crippen LogP) is 2.99. The lowest BCUT2D eigenvalue weighted by molar-refractivity contribution is -0.121. The molecule has 0 unspecified atom stereocenters. The van der Waals surface area contributed by atoms with Gasteiger partial charge in [0.1, 0.15) is 11.6 Å². The molecule has 2 aromatic rings. The van der Waals surface area contributed by atoms with Gasteiger partial charge in [0.2, 0.25) is 0 Å². The molecule has 3 rings (SSSR count). The minimum Gasteiger partial charge on any atom is -0.481 e. The quantitative estimate of drug-likeness (QED) is 0.879. The van der Waals surface area contributed by atoms with E-state index in [0.29, 0.717) is 23.7 Å². The number of benzene rings is 2. The minimum atomic E-state index is -0.591. The Bertz CT molecular complexity index is 820. The Morgan fingerprint density at radius 1 is 1.33 bits per heavy atom. The standard InChI is InChI=1S/C18H15FN2O3/c1-2-9-21-15-8-7-12(10-16(15)24-11-17(21)22)20-18(23)13-5-3-4-6-14(13)19/h2-8,10H,1,9,11H2,(H,20,23). The summed E-state index contributed by atoms with van der Waals surface area (Å²) in [5.41, 5.74) is 1.02. The van der Waals surface area contributed by atoms with Crippen LogP contribution in [0.3, 0.4) is 0 Å². The summed E-state index contributed by atoms with van der Waals surface area (Å²) in [5.74, 6) is -0.830. The third kappa shape index (κ3) is 2.99. The molecule has 24 heavy (non-hydrogen) atoms. The Balaban J connectivity index is 1.84. The molecule has 5 nitrogen and oxygen atoms in total. The van der Waals surface area contributed by atoms with Gasteiger partial charge in [0, 0.05) is 18.3 Å². The number of halogens is 1. The minimum absolute atomic E-state index is 0.0420. The summed E-state index contributed by atoms with van der Waals surface area (Å²) in [6.45, 7) is 3.93. The van der Waals surface area contributed by atoms with Gasteiger partial charge < -0.3 is 15.0 Å². The number of hydrogen-bond donors (Lipinski definition) is 1. The molecule has 1 aliphatic heterocycles. The molecule has 2 amide bonds. The maximum atomic E-state index is 13.7. The number of carbonyl (C=O) groups is 2. The molecule has 0 atom stereocenters. The maximum absolute atomic E-state index is 13.7. The van der Waals surface area contributed by atoms with E-state index in [2.05, 4.69) is 11.9 Å². The number of rotatable bonds is 4. The Labute approximate surface area is 138 Å². The fourth-order valence-electron chi connectivity index (χ4n) is 2.46. The molecule has 1 N–H and O–H groups in total. The van der Waals surface area contributed by atoms with Crippen LogP contribution >= 0.6 is 0 Å². The highest BCUT2D eigenvalue weighted by atomic mass is 19.1. The van der Waals surface area contributed by atoms with Crippen LogP contribution in [0.4, 0.5) is 15.8 Å². The highest BCUT2D eigenvalue weighted by Crippen LogP contribution is 2.34. The van der Waals surface area contributed by atoms with Gasteiger partial charge in [0.05, 0.1) is 11.3 Å². The number of nitrogens with one attached hydrogen (secondary N) is 1. The van der Waals surface area contributed by atoms with Gasteiger partial charge in [-0.1, -0.05) is 18.2 Å². The van der Waals surface area contributed by atoms with E-state index in [-0.39, 0.29) is 18.1 Å². The van der Waals surface area contributed by atoms with Crippen molar-refractivity contribution >= 4 is 23.2 Å². The summed E-state index contributed by atoms with van der Waals surface area (Å²) in [6, 6.07) is 10.7. The molecule has 122 valence electrons. The zero-order valence-electron chi connectivity index (χ0n) is 12.8. The summed E-state index contributed by atoms with van der Waals surface area (Å²) < 4.78 is 19.1. The highest BCUT2D eigenvalue weighted by Gasteiger charge is 2.25. The molecular weight excluding hydrogens is 311 g/mol. The van der Waals surface area contributed by atoms with Crippen molar-refractivity contribution < 1.29 is 18.7 Å². The van der Waals surface area contributed by atoms with E-state index in [1.54, 1.807) is 35.2 Å². The average molecular weight is 326 g/mol. The van der Waals surface area contributed by atoms with Crippen molar-refractivity contribution in [1.82, 2.24) is 0 Å². The zero-order chi connectivity index (χ0) is 17.1. The topological polar surface area (TPSA) is 58.6 Å². The lowest BCUT2D eigenvalue weighted by Crippen LogP contribution is -2.38. The van der Waals surface area contributed by atoms with Crippen molar-refractivity contribution in [3.05, 3.63) is 66.5 Å². The van der Waals surface area contributed by atoms with Gasteiger partial charge in [0.15, 0.2) is 6.61 Å². The molecular formula is C18H15FN2O3. The van der Waals surface area contributed by atoms with Crippen molar-refractivity contribution in [3.8, 4) is 5.75 Å². The fourth-order valence-corrected chi connectivity index (χ4v) is 2.46. The van der Waals surface area contributed by atoms with Gasteiger partial charge >= 0.3 is 0 Å². The van der Waals surface area contributed by atoms with Crippen LogP contribution in [0.1, 0.15) is 10.4 Å². The highest BCUT2D eigenvalue weighted by molar-refractivity contribution is 6.05. The molecule has 0 aliphatic carbocycles. The van der Waals surface area contributed by atoms with Crippen molar-refractivity contribution in [3.63, 3.8) is 0 Å². The van der Waals surface area contributed by atoms with Crippen molar-refractivity contribution in [2.75, 3.05) is 23.4 Å². The molecule has 0 radical (unpaired) electrons. The van der Waals surface area contributed by atoms with Crippen LogP contribution in [0.15, 0.2) is 55.1 Å². The van der Waals surface area contributed by atoms with Crippen molar-refractivity contribution in [2.45, 2.75) is 0 Å². The fraction of sp³-hybridized carbons (Fsp3) is 0.111. The lowest BCUT2D eigenvalue weighted by Gasteiger charge is -2.28. The van der Waals surface area contributed by atoms with Gasteiger partial charge in [0.25, 0.3) is 11.8 Å². The van der Waals surface area contributed by atoms with Crippen LogP contribution in [0.25, 0.3) is 0 Å². The van der Waals surface area contributed by atoms with Gasteiger partial charge in [-0.3, -0.25) is 9.59 Å². The Kier molecular flexibility index (Phi) is 4.29. The van der Waals surface area contributed by atoms with E-state index in [1.165, 1.54) is 18.2 Å². The van der Waals surface area contributed by atoms with E-state index in [0.717, 1.165) is 0 Å².